The van der Waals surface area contributed by atoms with Crippen molar-refractivity contribution in [2.45, 2.75) is 6.92 Å². The highest BCUT2D eigenvalue weighted by atomic mass is 35.5. The first-order valence-electron chi connectivity index (χ1n) is 7.26. The van der Waals surface area contributed by atoms with Crippen LogP contribution in [0.3, 0.4) is 0 Å². The number of nitrogens with zero attached hydrogens (tertiary/aromatic N) is 4. The van der Waals surface area contributed by atoms with E-state index in [2.05, 4.69) is 20.4 Å². The minimum atomic E-state index is -0.588. The summed E-state index contributed by atoms with van der Waals surface area (Å²) < 4.78 is 20.6. The molecule has 0 spiro atoms. The third kappa shape index (κ3) is 3.35. The number of hydrogen-bond acceptors (Lipinski definition) is 6. The minimum absolute atomic E-state index is 0.0288. The summed E-state index contributed by atoms with van der Waals surface area (Å²) in [5, 5.41) is 7.00. The zero-order valence-electron chi connectivity index (χ0n) is 13.0. The van der Waals surface area contributed by atoms with Gasteiger partial charge in [-0.15, -0.1) is 0 Å². The lowest BCUT2D eigenvalue weighted by atomic mass is 10.1. The van der Waals surface area contributed by atoms with Crippen LogP contribution in [0.15, 0.2) is 24.5 Å². The predicted octanol–water partition coefficient (Wildman–Crippen LogP) is 3.21. The Balaban J connectivity index is 2.18. The molecule has 0 aliphatic rings. The van der Waals surface area contributed by atoms with Crippen LogP contribution in [-0.4, -0.2) is 38.7 Å². The number of nitrogens with one attached hydrogen (secondary N) is 1. The van der Waals surface area contributed by atoms with Crippen molar-refractivity contribution in [2.75, 3.05) is 18.5 Å². The molecule has 1 aromatic carbocycles. The normalized spacial score (nSPS) is 10.9. The number of fused-ring (bicyclic) bond motifs is 1. The molecule has 0 aliphatic carbocycles. The van der Waals surface area contributed by atoms with Gasteiger partial charge in [-0.05, 0) is 19.1 Å². The van der Waals surface area contributed by atoms with Crippen LogP contribution in [-0.2, 0) is 9.53 Å². The lowest BCUT2D eigenvalue weighted by molar-refractivity contribution is -0.140. The first-order chi connectivity index (χ1) is 12.0. The second-order valence-corrected chi connectivity index (χ2v) is 5.62. The molecule has 0 unspecified atom stereocenters. The molecule has 25 heavy (non-hydrogen) atoms. The van der Waals surface area contributed by atoms with E-state index in [0.717, 1.165) is 0 Å². The molecule has 0 fully saturated rings. The van der Waals surface area contributed by atoms with Crippen LogP contribution >= 0.6 is 23.2 Å². The van der Waals surface area contributed by atoms with E-state index in [-0.39, 0.29) is 46.0 Å². The van der Waals surface area contributed by atoms with Gasteiger partial charge in [-0.25, -0.2) is 4.39 Å². The summed E-state index contributed by atoms with van der Waals surface area (Å²) in [7, 11) is 0. The second kappa shape index (κ2) is 7.20. The van der Waals surface area contributed by atoms with Gasteiger partial charge < -0.3 is 10.1 Å². The van der Waals surface area contributed by atoms with Crippen molar-refractivity contribution in [3.63, 3.8) is 0 Å². The van der Waals surface area contributed by atoms with Gasteiger partial charge in [0, 0.05) is 5.56 Å². The Morgan fingerprint density at radius 2 is 2.16 bits per heavy atom. The Labute approximate surface area is 151 Å². The lowest BCUT2D eigenvalue weighted by Crippen LogP contribution is -2.19. The third-order valence-corrected chi connectivity index (χ3v) is 3.89. The van der Waals surface area contributed by atoms with Gasteiger partial charge in [-0.3, -0.25) is 4.79 Å². The van der Waals surface area contributed by atoms with E-state index >= 15 is 0 Å². The largest absolute Gasteiger partial charge is 0.465 e. The molecule has 3 aromatic rings. The van der Waals surface area contributed by atoms with Crippen molar-refractivity contribution in [3.8, 4) is 11.1 Å². The van der Waals surface area contributed by atoms with Gasteiger partial charge in [0.15, 0.2) is 0 Å². The number of benzene rings is 1. The maximum absolute atomic E-state index is 14.4. The summed E-state index contributed by atoms with van der Waals surface area (Å²) in [6.45, 7) is 1.76. The average Bonchev–Trinajstić information content (AvgIpc) is 3.02. The van der Waals surface area contributed by atoms with E-state index in [4.69, 9.17) is 27.9 Å². The zero-order chi connectivity index (χ0) is 18.0. The molecule has 0 saturated carbocycles. The fraction of sp³-hybridized carbons (Fsp3) is 0.200. The molecule has 0 bridgehead atoms. The van der Waals surface area contributed by atoms with Gasteiger partial charge in [-0.2, -0.15) is 19.6 Å². The molecule has 7 nitrogen and oxygen atoms in total. The molecular weight excluding hydrogens is 372 g/mol. The van der Waals surface area contributed by atoms with Crippen LogP contribution in [0.25, 0.3) is 16.9 Å². The Hall–Kier alpha value is -2.45. The van der Waals surface area contributed by atoms with E-state index in [1.54, 1.807) is 6.92 Å². The van der Waals surface area contributed by atoms with Gasteiger partial charge in [0.25, 0.3) is 5.78 Å². The lowest BCUT2D eigenvalue weighted by Gasteiger charge is -2.15. The number of esters is 1. The minimum Gasteiger partial charge on any atom is -0.465 e. The van der Waals surface area contributed by atoms with Crippen molar-refractivity contribution < 1.29 is 13.9 Å². The van der Waals surface area contributed by atoms with Crippen LogP contribution in [0, 0.1) is 5.82 Å². The molecule has 130 valence electrons. The van der Waals surface area contributed by atoms with Crippen molar-refractivity contribution >= 4 is 40.8 Å². The first kappa shape index (κ1) is 17.4. The number of aromatic nitrogens is 4. The van der Waals surface area contributed by atoms with E-state index in [1.165, 1.54) is 29.0 Å². The van der Waals surface area contributed by atoms with Gasteiger partial charge in [0.1, 0.15) is 29.7 Å². The maximum Gasteiger partial charge on any atom is 0.325 e. The van der Waals surface area contributed by atoms with Crippen molar-refractivity contribution in [2.24, 2.45) is 0 Å². The molecule has 0 atom stereocenters. The molecule has 0 radical (unpaired) electrons. The number of ether oxygens (including phenoxy) is 1. The monoisotopic (exact) mass is 383 g/mol. The molecule has 0 amide bonds. The Morgan fingerprint density at radius 1 is 1.36 bits per heavy atom. The molecule has 0 aliphatic heterocycles. The van der Waals surface area contributed by atoms with E-state index < -0.39 is 11.8 Å². The summed E-state index contributed by atoms with van der Waals surface area (Å²) in [6, 6.07) is 4.25. The van der Waals surface area contributed by atoms with Crippen LogP contribution < -0.4 is 5.32 Å². The molecule has 2 aromatic heterocycles. The van der Waals surface area contributed by atoms with E-state index in [0.29, 0.717) is 0 Å². The summed E-state index contributed by atoms with van der Waals surface area (Å²) in [5.74, 6) is -0.663. The topological polar surface area (TPSA) is 81.4 Å². The van der Waals surface area contributed by atoms with Gasteiger partial charge >= 0.3 is 5.97 Å². The predicted molar refractivity (Wildman–Crippen MR) is 91.3 cm³/mol. The average molecular weight is 384 g/mol. The smallest absolute Gasteiger partial charge is 0.325 e. The molecule has 3 rings (SSSR count). The van der Waals surface area contributed by atoms with Crippen molar-refractivity contribution in [1.29, 1.82) is 0 Å². The zero-order valence-corrected chi connectivity index (χ0v) is 14.5. The first-order valence-corrected chi connectivity index (χ1v) is 8.01. The van der Waals surface area contributed by atoms with Crippen molar-refractivity contribution in [3.05, 3.63) is 40.5 Å². The number of rotatable bonds is 5. The van der Waals surface area contributed by atoms with E-state index in [1.807, 2.05) is 0 Å². The Bertz CT molecular complexity index is 927. The summed E-state index contributed by atoms with van der Waals surface area (Å²) in [4.78, 5) is 19.7. The number of anilines is 1. The Morgan fingerprint density at radius 3 is 2.88 bits per heavy atom. The molecule has 1 N–H and O–H groups in total. The molecule has 2 heterocycles. The highest BCUT2D eigenvalue weighted by Crippen LogP contribution is 2.39. The van der Waals surface area contributed by atoms with Gasteiger partial charge in [0.2, 0.25) is 0 Å². The standard InChI is InChI=1S/C15H12Cl2FN5O2/c1-2-25-10(24)6-19-14-12(11-8(16)4-3-5-9(11)18)13(17)22-15-20-7-21-23(14)15/h3-5,7,19H,2,6H2,1H3. The molecule has 10 heteroatoms. The quantitative estimate of drug-likeness (QED) is 0.538. The number of carbonyl (C=O) groups is 1. The maximum atomic E-state index is 14.4. The third-order valence-electron chi connectivity index (χ3n) is 3.30. The fourth-order valence-electron chi connectivity index (χ4n) is 2.31. The Kier molecular flexibility index (Phi) is 5.00. The van der Waals surface area contributed by atoms with Gasteiger partial charge in [0.05, 0.1) is 17.2 Å². The highest BCUT2D eigenvalue weighted by molar-refractivity contribution is 6.36. The van der Waals surface area contributed by atoms with Crippen LogP contribution in [0.5, 0.6) is 0 Å². The fourth-order valence-corrected chi connectivity index (χ4v) is 2.82. The van der Waals surface area contributed by atoms with E-state index in [9.17, 15) is 9.18 Å². The van der Waals surface area contributed by atoms with Crippen LogP contribution in [0.1, 0.15) is 6.92 Å². The number of carbonyl (C=O) groups excluding carboxylic acids is 1. The number of hydrogen-bond donors (Lipinski definition) is 1. The van der Waals surface area contributed by atoms with Crippen LogP contribution in [0.4, 0.5) is 10.2 Å². The molecular formula is C15H12Cl2FN5O2. The second-order valence-electron chi connectivity index (χ2n) is 4.85. The SMILES string of the molecule is CCOC(=O)CNc1c(-c2c(F)cccc2Cl)c(Cl)nc2ncnn12. The highest BCUT2D eigenvalue weighted by Gasteiger charge is 2.22. The summed E-state index contributed by atoms with van der Waals surface area (Å²) >= 11 is 12.4. The summed E-state index contributed by atoms with van der Waals surface area (Å²) in [5.41, 5.74) is 0.220. The van der Waals surface area contributed by atoms with Crippen LogP contribution in [0.2, 0.25) is 10.2 Å². The van der Waals surface area contributed by atoms with Gasteiger partial charge in [-0.1, -0.05) is 29.3 Å². The van der Waals surface area contributed by atoms with Crippen molar-refractivity contribution in [1.82, 2.24) is 19.6 Å². The molecule has 0 saturated heterocycles. The number of halogens is 3. The summed E-state index contributed by atoms with van der Waals surface area (Å²) in [6.07, 6.45) is 1.26.